The number of carbonyl (C=O) groups excluding carboxylic acids is 1. The molecule has 1 aliphatic rings. The summed E-state index contributed by atoms with van der Waals surface area (Å²) in [6, 6.07) is 9.18. The quantitative estimate of drug-likeness (QED) is 0.754. The number of nitrogens with one attached hydrogen (secondary N) is 1. The normalized spacial score (nSPS) is 13.9. The first-order valence-electron chi connectivity index (χ1n) is 8.93. The monoisotopic (exact) mass is 343 g/mol. The van der Waals surface area contributed by atoms with Gasteiger partial charge < -0.3 is 19.5 Å². The van der Waals surface area contributed by atoms with Gasteiger partial charge in [-0.1, -0.05) is 31.1 Å². The number of benzene rings is 1. The second kappa shape index (κ2) is 8.16. The summed E-state index contributed by atoms with van der Waals surface area (Å²) in [6.07, 6.45) is 2.22. The molecule has 0 atom stereocenters. The number of aromatic nitrogens is 1. The molecule has 0 bridgehead atoms. The van der Waals surface area contributed by atoms with Crippen molar-refractivity contribution >= 4 is 11.6 Å². The minimum absolute atomic E-state index is 0.282. The van der Waals surface area contributed by atoms with Gasteiger partial charge in [-0.05, 0) is 38.1 Å². The Balaban J connectivity index is 1.60. The maximum absolute atomic E-state index is 12.4. The number of rotatable bonds is 9. The molecule has 1 amide bonds. The van der Waals surface area contributed by atoms with Crippen molar-refractivity contribution in [3.8, 4) is 5.75 Å². The number of amides is 1. The Morgan fingerprint density at radius 1 is 1.32 bits per heavy atom. The number of likely N-dealkylation sites (N-methyl/N-ethyl adjacent to an activating group) is 1. The Bertz CT molecular complexity index is 705. The van der Waals surface area contributed by atoms with Gasteiger partial charge in [0.05, 0.1) is 5.69 Å². The van der Waals surface area contributed by atoms with Crippen LogP contribution in [-0.4, -0.2) is 42.2 Å². The zero-order valence-corrected chi connectivity index (χ0v) is 14.8. The van der Waals surface area contributed by atoms with E-state index in [1.165, 1.54) is 0 Å². The van der Waals surface area contributed by atoms with Crippen LogP contribution in [0, 0.1) is 0 Å². The summed E-state index contributed by atoms with van der Waals surface area (Å²) in [5, 5.41) is 6.74. The molecule has 1 aromatic heterocycles. The molecular formula is C19H25N3O3. The molecule has 3 rings (SSSR count). The first-order valence-corrected chi connectivity index (χ1v) is 8.93. The van der Waals surface area contributed by atoms with Crippen molar-refractivity contribution in [3.05, 3.63) is 41.8 Å². The highest BCUT2D eigenvalue weighted by Gasteiger charge is 2.29. The van der Waals surface area contributed by atoms with E-state index in [0.29, 0.717) is 29.7 Å². The minimum atomic E-state index is -0.282. The fraction of sp³-hybridized carbons (Fsp3) is 0.474. The van der Waals surface area contributed by atoms with Crippen LogP contribution in [0.5, 0.6) is 5.75 Å². The van der Waals surface area contributed by atoms with Crippen molar-refractivity contribution in [2.75, 3.05) is 31.6 Å². The van der Waals surface area contributed by atoms with Gasteiger partial charge in [0.2, 0.25) is 0 Å². The average molecular weight is 343 g/mol. The van der Waals surface area contributed by atoms with Crippen LogP contribution in [0.3, 0.4) is 0 Å². The number of para-hydroxylation sites is 2. The van der Waals surface area contributed by atoms with E-state index in [0.717, 1.165) is 38.2 Å². The molecule has 0 aliphatic heterocycles. The molecule has 2 aromatic rings. The van der Waals surface area contributed by atoms with Gasteiger partial charge >= 0.3 is 0 Å². The van der Waals surface area contributed by atoms with Crippen molar-refractivity contribution in [2.45, 2.75) is 32.6 Å². The average Bonchev–Trinajstić information content (AvgIpc) is 3.36. The molecule has 1 fully saturated rings. The molecule has 0 unspecified atom stereocenters. The van der Waals surface area contributed by atoms with Crippen LogP contribution >= 0.6 is 0 Å². The van der Waals surface area contributed by atoms with E-state index in [2.05, 4.69) is 29.2 Å². The van der Waals surface area contributed by atoms with Gasteiger partial charge in [-0.2, -0.15) is 0 Å². The Morgan fingerprint density at radius 3 is 2.80 bits per heavy atom. The molecule has 1 N–H and O–H groups in total. The predicted molar refractivity (Wildman–Crippen MR) is 96.2 cm³/mol. The highest BCUT2D eigenvalue weighted by molar-refractivity contribution is 6.03. The standard InChI is InChI=1S/C19H25N3O3/c1-3-22(4-2)11-12-24-17-8-6-5-7-15(17)20-19(23)16-13-18(25-21-16)14-9-10-14/h5-8,13-14H,3-4,9-12H2,1-2H3,(H,20,23). The van der Waals surface area contributed by atoms with E-state index in [1.807, 2.05) is 24.3 Å². The van der Waals surface area contributed by atoms with Crippen LogP contribution < -0.4 is 10.1 Å². The van der Waals surface area contributed by atoms with Crippen molar-refractivity contribution in [3.63, 3.8) is 0 Å². The van der Waals surface area contributed by atoms with Crippen LogP contribution in [0.4, 0.5) is 5.69 Å². The summed E-state index contributed by atoms with van der Waals surface area (Å²) in [5.41, 5.74) is 0.947. The third-order valence-electron chi connectivity index (χ3n) is 4.44. The molecule has 25 heavy (non-hydrogen) atoms. The zero-order chi connectivity index (χ0) is 17.6. The molecule has 1 aromatic carbocycles. The van der Waals surface area contributed by atoms with Crippen molar-refractivity contribution < 1.29 is 14.1 Å². The molecule has 6 heteroatoms. The molecule has 0 saturated heterocycles. The van der Waals surface area contributed by atoms with E-state index in [9.17, 15) is 4.79 Å². The minimum Gasteiger partial charge on any atom is -0.490 e. The maximum atomic E-state index is 12.4. The molecule has 6 nitrogen and oxygen atoms in total. The number of nitrogens with zero attached hydrogens (tertiary/aromatic N) is 2. The first-order chi connectivity index (χ1) is 12.2. The molecule has 0 radical (unpaired) electrons. The van der Waals surface area contributed by atoms with E-state index in [4.69, 9.17) is 9.26 Å². The maximum Gasteiger partial charge on any atom is 0.277 e. The number of anilines is 1. The van der Waals surface area contributed by atoms with Crippen LogP contribution in [0.15, 0.2) is 34.9 Å². The van der Waals surface area contributed by atoms with Gasteiger partial charge in [-0.3, -0.25) is 4.79 Å². The lowest BCUT2D eigenvalue weighted by molar-refractivity contribution is 0.101. The van der Waals surface area contributed by atoms with Gasteiger partial charge in [-0.25, -0.2) is 0 Å². The van der Waals surface area contributed by atoms with E-state index < -0.39 is 0 Å². The number of hydrogen-bond donors (Lipinski definition) is 1. The van der Waals surface area contributed by atoms with Crippen LogP contribution in [0.2, 0.25) is 0 Å². The third kappa shape index (κ3) is 4.60. The second-order valence-corrected chi connectivity index (χ2v) is 6.21. The van der Waals surface area contributed by atoms with Crippen LogP contribution in [0.25, 0.3) is 0 Å². The Kier molecular flexibility index (Phi) is 5.71. The van der Waals surface area contributed by atoms with Crippen LogP contribution in [-0.2, 0) is 0 Å². The lowest BCUT2D eigenvalue weighted by Crippen LogP contribution is -2.28. The summed E-state index contributed by atoms with van der Waals surface area (Å²) >= 11 is 0. The Morgan fingerprint density at radius 2 is 2.08 bits per heavy atom. The second-order valence-electron chi connectivity index (χ2n) is 6.21. The van der Waals surface area contributed by atoms with Gasteiger partial charge in [0.1, 0.15) is 18.1 Å². The molecular weight excluding hydrogens is 318 g/mol. The molecule has 0 spiro atoms. The van der Waals surface area contributed by atoms with Crippen LogP contribution in [0.1, 0.15) is 48.9 Å². The van der Waals surface area contributed by atoms with E-state index in [1.54, 1.807) is 6.07 Å². The summed E-state index contributed by atoms with van der Waals surface area (Å²) in [5.74, 6) is 1.61. The van der Waals surface area contributed by atoms with E-state index >= 15 is 0 Å². The number of hydrogen-bond acceptors (Lipinski definition) is 5. The fourth-order valence-electron chi connectivity index (χ4n) is 2.66. The summed E-state index contributed by atoms with van der Waals surface area (Å²) in [6.45, 7) is 7.67. The summed E-state index contributed by atoms with van der Waals surface area (Å²) in [7, 11) is 0. The highest BCUT2D eigenvalue weighted by Crippen LogP contribution is 2.40. The summed E-state index contributed by atoms with van der Waals surface area (Å²) in [4.78, 5) is 14.7. The molecule has 1 heterocycles. The zero-order valence-electron chi connectivity index (χ0n) is 14.8. The SMILES string of the molecule is CCN(CC)CCOc1ccccc1NC(=O)c1cc(C2CC2)on1. The van der Waals surface area contributed by atoms with E-state index in [-0.39, 0.29) is 5.91 Å². The van der Waals surface area contributed by atoms with Gasteiger partial charge in [-0.15, -0.1) is 0 Å². The largest absolute Gasteiger partial charge is 0.490 e. The molecule has 1 saturated carbocycles. The molecule has 134 valence electrons. The number of carbonyl (C=O) groups is 1. The highest BCUT2D eigenvalue weighted by atomic mass is 16.5. The van der Waals surface area contributed by atoms with Crippen molar-refractivity contribution in [1.29, 1.82) is 0 Å². The predicted octanol–water partition coefficient (Wildman–Crippen LogP) is 3.52. The summed E-state index contributed by atoms with van der Waals surface area (Å²) < 4.78 is 11.1. The number of ether oxygens (including phenoxy) is 1. The van der Waals surface area contributed by atoms with Crippen molar-refractivity contribution in [2.24, 2.45) is 0 Å². The molecule has 1 aliphatic carbocycles. The Hall–Kier alpha value is -2.34. The lowest BCUT2D eigenvalue weighted by atomic mass is 10.2. The topological polar surface area (TPSA) is 67.6 Å². The third-order valence-corrected chi connectivity index (χ3v) is 4.44. The van der Waals surface area contributed by atoms with Gasteiger partial charge in [0, 0.05) is 18.5 Å². The lowest BCUT2D eigenvalue weighted by Gasteiger charge is -2.19. The van der Waals surface area contributed by atoms with Crippen molar-refractivity contribution in [1.82, 2.24) is 10.1 Å². The van der Waals surface area contributed by atoms with Gasteiger partial charge in [0.15, 0.2) is 5.69 Å². The van der Waals surface area contributed by atoms with Gasteiger partial charge in [0.25, 0.3) is 5.91 Å². The first kappa shape index (κ1) is 17.5. The fourth-order valence-corrected chi connectivity index (χ4v) is 2.66. The smallest absolute Gasteiger partial charge is 0.277 e. The Labute approximate surface area is 148 Å².